The molecule has 29 heavy (non-hydrogen) atoms. The van der Waals surface area contributed by atoms with Crippen LogP contribution in [0.25, 0.3) is 12.2 Å². The third kappa shape index (κ3) is 2.39. The Labute approximate surface area is 183 Å². The fourth-order valence-electron chi connectivity index (χ4n) is 4.88. The van der Waals surface area contributed by atoms with E-state index in [0.717, 1.165) is 4.47 Å². The average Bonchev–Trinajstić information content (AvgIpc) is 2.90. The first-order valence-electron chi connectivity index (χ1n) is 9.73. The predicted molar refractivity (Wildman–Crippen MR) is 126 cm³/mol. The van der Waals surface area contributed by atoms with Gasteiger partial charge >= 0.3 is 0 Å². The minimum absolute atomic E-state index is 0.350. The van der Waals surface area contributed by atoms with Crippen molar-refractivity contribution in [1.82, 2.24) is 0 Å². The maximum Gasteiger partial charge on any atom is 0.0735 e. The first-order valence-corrected chi connectivity index (χ1v) is 11.3. The molecule has 0 saturated heterocycles. The Morgan fingerprint density at radius 1 is 0.552 bits per heavy atom. The van der Waals surface area contributed by atoms with Gasteiger partial charge in [0.25, 0.3) is 0 Å². The van der Waals surface area contributed by atoms with Crippen LogP contribution < -0.4 is 0 Å². The third-order valence-corrected chi connectivity index (χ3v) is 7.67. The normalized spacial score (nSPS) is 15.1. The molecular formula is C27H17BrS. The molecule has 0 unspecified atom stereocenters. The van der Waals surface area contributed by atoms with E-state index >= 15 is 0 Å². The van der Waals surface area contributed by atoms with Gasteiger partial charge in [0, 0.05) is 14.3 Å². The summed E-state index contributed by atoms with van der Waals surface area (Å²) >= 11 is 5.63. The van der Waals surface area contributed by atoms with Gasteiger partial charge in [0.15, 0.2) is 0 Å². The molecule has 4 aromatic carbocycles. The van der Waals surface area contributed by atoms with E-state index in [1.165, 1.54) is 43.2 Å². The van der Waals surface area contributed by atoms with Crippen LogP contribution in [0.5, 0.6) is 0 Å². The molecule has 0 atom stereocenters. The van der Waals surface area contributed by atoms with Gasteiger partial charge in [-0.1, -0.05) is 107 Å². The Bertz CT molecular complexity index is 1260. The van der Waals surface area contributed by atoms with Crippen LogP contribution in [0.1, 0.15) is 33.4 Å². The second-order valence-electron chi connectivity index (χ2n) is 7.50. The second-order valence-corrected chi connectivity index (χ2v) is 9.50. The van der Waals surface area contributed by atoms with Gasteiger partial charge in [-0.05, 0) is 57.6 Å². The summed E-state index contributed by atoms with van der Waals surface area (Å²) in [5, 5.41) is 0. The molecule has 0 nitrogen and oxygen atoms in total. The zero-order chi connectivity index (χ0) is 19.4. The monoisotopic (exact) mass is 452 g/mol. The highest BCUT2D eigenvalue weighted by atomic mass is 79.9. The summed E-state index contributed by atoms with van der Waals surface area (Å²) in [6.07, 6.45) is 4.53. The topological polar surface area (TPSA) is 0 Å². The summed E-state index contributed by atoms with van der Waals surface area (Å²) in [5.41, 5.74) is 7.58. The van der Waals surface area contributed by atoms with E-state index in [-0.39, 0.29) is 5.41 Å². The highest BCUT2D eigenvalue weighted by Gasteiger charge is 2.46. The van der Waals surface area contributed by atoms with Gasteiger partial charge in [0.1, 0.15) is 0 Å². The number of fused-ring (bicyclic) bond motifs is 8. The minimum Gasteiger partial charge on any atom is -0.0894 e. The van der Waals surface area contributed by atoms with Gasteiger partial charge < -0.3 is 0 Å². The van der Waals surface area contributed by atoms with Crippen molar-refractivity contribution in [3.05, 3.63) is 129 Å². The molecule has 0 saturated carbocycles. The van der Waals surface area contributed by atoms with E-state index in [9.17, 15) is 0 Å². The Kier molecular flexibility index (Phi) is 3.87. The number of hydrogen-bond donors (Lipinski definition) is 0. The van der Waals surface area contributed by atoms with Crippen LogP contribution in [0, 0.1) is 0 Å². The zero-order valence-corrected chi connectivity index (χ0v) is 18.0. The van der Waals surface area contributed by atoms with Crippen molar-refractivity contribution in [2.75, 3.05) is 0 Å². The van der Waals surface area contributed by atoms with Gasteiger partial charge in [-0.3, -0.25) is 0 Å². The minimum atomic E-state index is -0.350. The predicted octanol–water partition coefficient (Wildman–Crippen LogP) is 7.78. The molecule has 0 aromatic heterocycles. The van der Waals surface area contributed by atoms with Crippen LogP contribution in [-0.4, -0.2) is 0 Å². The van der Waals surface area contributed by atoms with Crippen LogP contribution in [-0.2, 0) is 5.41 Å². The largest absolute Gasteiger partial charge is 0.0894 e. The molecule has 0 fully saturated rings. The fourth-order valence-corrected chi connectivity index (χ4v) is 6.44. The summed E-state index contributed by atoms with van der Waals surface area (Å²) in [5.74, 6) is 0. The molecule has 1 aliphatic heterocycles. The zero-order valence-electron chi connectivity index (χ0n) is 15.6. The average molecular weight is 453 g/mol. The molecular weight excluding hydrogens is 436 g/mol. The molecule has 0 bridgehead atoms. The van der Waals surface area contributed by atoms with Crippen molar-refractivity contribution in [3.8, 4) is 0 Å². The quantitative estimate of drug-likeness (QED) is 0.226. The van der Waals surface area contributed by atoms with Crippen molar-refractivity contribution in [3.63, 3.8) is 0 Å². The van der Waals surface area contributed by atoms with E-state index in [4.69, 9.17) is 0 Å². The van der Waals surface area contributed by atoms with Crippen LogP contribution in [0.15, 0.2) is 105 Å². The van der Waals surface area contributed by atoms with E-state index in [1.54, 1.807) is 0 Å². The summed E-state index contributed by atoms with van der Waals surface area (Å²) < 4.78 is 1.11. The third-order valence-electron chi connectivity index (χ3n) is 6.03. The summed E-state index contributed by atoms with van der Waals surface area (Å²) in [7, 11) is 0. The highest BCUT2D eigenvalue weighted by Crippen LogP contribution is 2.57. The van der Waals surface area contributed by atoms with Crippen LogP contribution in [0.3, 0.4) is 0 Å². The van der Waals surface area contributed by atoms with Crippen LogP contribution >= 0.6 is 27.7 Å². The molecule has 4 aromatic rings. The number of hydrogen-bond acceptors (Lipinski definition) is 1. The van der Waals surface area contributed by atoms with Crippen molar-refractivity contribution >= 4 is 39.8 Å². The van der Waals surface area contributed by atoms with Crippen molar-refractivity contribution in [1.29, 1.82) is 0 Å². The number of halogens is 1. The van der Waals surface area contributed by atoms with Crippen LogP contribution in [0.2, 0.25) is 0 Å². The van der Waals surface area contributed by atoms with Gasteiger partial charge in [0.2, 0.25) is 0 Å². The highest BCUT2D eigenvalue weighted by molar-refractivity contribution is 9.10. The summed E-state index contributed by atoms with van der Waals surface area (Å²) in [6, 6.07) is 33.3. The summed E-state index contributed by atoms with van der Waals surface area (Å²) in [4.78, 5) is 2.66. The number of rotatable bonds is 0. The lowest BCUT2D eigenvalue weighted by atomic mass is 9.63. The van der Waals surface area contributed by atoms with Crippen molar-refractivity contribution in [2.45, 2.75) is 15.2 Å². The molecule has 1 aliphatic carbocycles. The lowest BCUT2D eigenvalue weighted by molar-refractivity contribution is 0.700. The maximum atomic E-state index is 3.76. The number of benzene rings is 4. The SMILES string of the molecule is Brc1ccc2c(c1)C1(c3ccccc3C=C2)c2ccccc2Sc2ccccc21. The molecule has 1 heterocycles. The van der Waals surface area contributed by atoms with Gasteiger partial charge in [-0.25, -0.2) is 0 Å². The molecule has 1 spiro atoms. The lowest BCUT2D eigenvalue weighted by Crippen LogP contribution is -2.35. The van der Waals surface area contributed by atoms with Gasteiger partial charge in [-0.2, -0.15) is 0 Å². The molecule has 0 radical (unpaired) electrons. The Morgan fingerprint density at radius 3 is 1.79 bits per heavy atom. The Balaban J connectivity index is 1.88. The lowest BCUT2D eigenvalue weighted by Gasteiger charge is -2.42. The van der Waals surface area contributed by atoms with Gasteiger partial charge in [0.05, 0.1) is 5.41 Å². The van der Waals surface area contributed by atoms with E-state index in [1.807, 2.05) is 11.8 Å². The first kappa shape index (κ1) is 17.3. The molecule has 138 valence electrons. The Morgan fingerprint density at radius 2 is 1.10 bits per heavy atom. The van der Waals surface area contributed by atoms with E-state index in [2.05, 4.69) is 119 Å². The molecule has 0 N–H and O–H groups in total. The van der Waals surface area contributed by atoms with E-state index in [0.29, 0.717) is 0 Å². The fraction of sp³-hybridized carbons (Fsp3) is 0.0370. The molecule has 2 heteroatoms. The van der Waals surface area contributed by atoms with Gasteiger partial charge in [-0.15, -0.1) is 0 Å². The van der Waals surface area contributed by atoms with Crippen LogP contribution in [0.4, 0.5) is 0 Å². The molecule has 2 aliphatic rings. The van der Waals surface area contributed by atoms with E-state index < -0.39 is 0 Å². The van der Waals surface area contributed by atoms with Crippen molar-refractivity contribution < 1.29 is 0 Å². The standard InChI is InChI=1S/C27H17BrS/c28-20-16-15-19-14-13-18-7-1-2-8-21(18)27(24(19)17-20)22-9-3-5-11-25(22)29-26-12-6-4-10-23(26)27/h1-17H. The smallest absolute Gasteiger partial charge is 0.0735 e. The van der Waals surface area contributed by atoms with Crippen molar-refractivity contribution in [2.24, 2.45) is 0 Å². The molecule has 6 rings (SSSR count). The summed E-state index contributed by atoms with van der Waals surface area (Å²) in [6.45, 7) is 0. The first-order chi connectivity index (χ1) is 14.3. The Hall–Kier alpha value is -2.55. The maximum absolute atomic E-state index is 3.76. The molecule has 0 amide bonds. The second kappa shape index (κ2) is 6.48.